The average molecular weight is 464 g/mol. The van der Waals surface area contributed by atoms with Crippen LogP contribution in [-0.4, -0.2) is 55.0 Å². The van der Waals surface area contributed by atoms with Crippen molar-refractivity contribution in [1.82, 2.24) is 9.88 Å². The molecule has 8 heteroatoms. The number of halogens is 2. The van der Waals surface area contributed by atoms with Crippen LogP contribution in [0.2, 0.25) is 10.0 Å². The third kappa shape index (κ3) is 5.06. The van der Waals surface area contributed by atoms with Gasteiger partial charge in [0.25, 0.3) is 0 Å². The minimum absolute atomic E-state index is 0.341. The molecule has 0 spiro atoms. The van der Waals surface area contributed by atoms with Gasteiger partial charge in [-0.05, 0) is 48.9 Å². The van der Waals surface area contributed by atoms with Crippen molar-refractivity contribution in [2.75, 3.05) is 37.7 Å². The molecule has 0 unspecified atom stereocenters. The van der Waals surface area contributed by atoms with Gasteiger partial charge in [-0.3, -0.25) is 4.90 Å². The summed E-state index contributed by atoms with van der Waals surface area (Å²) in [7, 11) is 0. The normalized spacial score (nSPS) is 17.4. The molecule has 0 amide bonds. The number of ether oxygens (including phenoxy) is 1. The Balaban J connectivity index is 1.32. The van der Waals surface area contributed by atoms with Crippen LogP contribution in [-0.2, 0) is 11.2 Å². The first kappa shape index (κ1) is 21.4. The molecule has 0 saturated carbocycles. The highest BCUT2D eigenvalue weighted by molar-refractivity contribution is 7.22. The first-order chi connectivity index (χ1) is 14.5. The summed E-state index contributed by atoms with van der Waals surface area (Å²) in [6.45, 7) is 6.45. The molecule has 1 aliphatic rings. The zero-order chi connectivity index (χ0) is 21.1. The minimum Gasteiger partial charge on any atom is -0.492 e. The molecule has 2 aromatic carbocycles. The van der Waals surface area contributed by atoms with Gasteiger partial charge in [0.05, 0.1) is 10.2 Å². The Kier molecular flexibility index (Phi) is 6.78. The molecule has 4 rings (SSSR count). The van der Waals surface area contributed by atoms with Crippen molar-refractivity contribution in [1.29, 1.82) is 0 Å². The minimum atomic E-state index is 0.341. The molecule has 5 nitrogen and oxygen atoms in total. The van der Waals surface area contributed by atoms with Gasteiger partial charge in [0.1, 0.15) is 18.6 Å². The van der Waals surface area contributed by atoms with Crippen molar-refractivity contribution in [3.63, 3.8) is 0 Å². The maximum absolute atomic E-state index is 10.7. The van der Waals surface area contributed by atoms with Crippen molar-refractivity contribution in [2.24, 2.45) is 0 Å². The summed E-state index contributed by atoms with van der Waals surface area (Å²) in [5.41, 5.74) is 1.87. The van der Waals surface area contributed by atoms with Gasteiger partial charge in [-0.2, -0.15) is 0 Å². The second-order valence-electron chi connectivity index (χ2n) is 7.45. The zero-order valence-corrected chi connectivity index (χ0v) is 19.0. The third-order valence-corrected chi connectivity index (χ3v) is 6.80. The topological polar surface area (TPSA) is 45.7 Å². The molecule has 1 fully saturated rings. The van der Waals surface area contributed by atoms with Crippen LogP contribution in [0.15, 0.2) is 36.4 Å². The van der Waals surface area contributed by atoms with E-state index < -0.39 is 0 Å². The van der Waals surface area contributed by atoms with Gasteiger partial charge in [0.2, 0.25) is 0 Å². The van der Waals surface area contributed by atoms with E-state index >= 15 is 0 Å². The second kappa shape index (κ2) is 9.52. The largest absolute Gasteiger partial charge is 0.492 e. The summed E-state index contributed by atoms with van der Waals surface area (Å²) in [4.78, 5) is 20.3. The van der Waals surface area contributed by atoms with E-state index in [1.54, 1.807) is 23.5 Å². The highest BCUT2D eigenvalue weighted by Gasteiger charge is 2.25. The van der Waals surface area contributed by atoms with E-state index in [-0.39, 0.29) is 0 Å². The number of benzene rings is 2. The molecular formula is C22H23Cl2N3O2S. The molecule has 30 heavy (non-hydrogen) atoms. The lowest BCUT2D eigenvalue weighted by molar-refractivity contribution is -0.107. The number of thiazole rings is 1. The lowest BCUT2D eigenvalue weighted by Gasteiger charge is -2.39. The molecule has 0 radical (unpaired) electrons. The fraction of sp³-hybridized carbons (Fsp3) is 0.364. The summed E-state index contributed by atoms with van der Waals surface area (Å²) in [5.74, 6) is 0.707. The number of aromatic nitrogens is 1. The molecule has 158 valence electrons. The van der Waals surface area contributed by atoms with Gasteiger partial charge in [0.15, 0.2) is 5.13 Å². The summed E-state index contributed by atoms with van der Waals surface area (Å²) in [5, 5.41) is 2.38. The number of hydrogen-bond donors (Lipinski definition) is 0. The van der Waals surface area contributed by atoms with Gasteiger partial charge < -0.3 is 14.4 Å². The highest BCUT2D eigenvalue weighted by atomic mass is 35.5. The standard InChI is InChI=1S/C22H23Cl2N3O2S/c1-15-14-27(22-25-20-3-2-17(23)13-21(20)30-22)6-5-26(15)7-9-29-19-11-16(4-8-28)10-18(24)12-19/h2-3,8,10-13,15H,4-7,9,14H2,1H3/t15-/m0/s1. The predicted octanol–water partition coefficient (Wildman–Crippen LogP) is 4.93. The molecule has 1 atom stereocenters. The van der Waals surface area contributed by atoms with Gasteiger partial charge in [-0.25, -0.2) is 4.98 Å². The Bertz CT molecular complexity index is 1040. The molecule has 0 bridgehead atoms. The van der Waals surface area contributed by atoms with Crippen LogP contribution in [0.5, 0.6) is 5.75 Å². The summed E-state index contributed by atoms with van der Waals surface area (Å²) >= 11 is 13.9. The van der Waals surface area contributed by atoms with Crippen LogP contribution < -0.4 is 9.64 Å². The fourth-order valence-electron chi connectivity index (χ4n) is 3.72. The summed E-state index contributed by atoms with van der Waals surface area (Å²) < 4.78 is 7.03. The molecule has 1 saturated heterocycles. The number of piperazine rings is 1. The van der Waals surface area contributed by atoms with Crippen molar-refractivity contribution in [2.45, 2.75) is 19.4 Å². The molecule has 0 N–H and O–H groups in total. The molecular weight excluding hydrogens is 441 g/mol. The third-order valence-electron chi connectivity index (χ3n) is 5.27. The SMILES string of the molecule is C[C@H]1CN(c2nc3ccc(Cl)cc3s2)CCN1CCOc1cc(Cl)cc(CC=O)c1. The maximum atomic E-state index is 10.7. The summed E-state index contributed by atoms with van der Waals surface area (Å²) in [6, 6.07) is 11.7. The molecule has 0 aliphatic carbocycles. The van der Waals surface area contributed by atoms with E-state index in [4.69, 9.17) is 32.9 Å². The number of rotatable bonds is 7. The predicted molar refractivity (Wildman–Crippen MR) is 125 cm³/mol. The monoisotopic (exact) mass is 463 g/mol. The van der Waals surface area contributed by atoms with Crippen LogP contribution in [0, 0.1) is 0 Å². The zero-order valence-electron chi connectivity index (χ0n) is 16.7. The van der Waals surface area contributed by atoms with E-state index in [0.29, 0.717) is 29.8 Å². The van der Waals surface area contributed by atoms with Gasteiger partial charge in [0, 0.05) is 48.7 Å². The lowest BCUT2D eigenvalue weighted by Crippen LogP contribution is -2.52. The van der Waals surface area contributed by atoms with Crippen LogP contribution in [0.1, 0.15) is 12.5 Å². The molecule has 1 aliphatic heterocycles. The second-order valence-corrected chi connectivity index (χ2v) is 9.34. The number of anilines is 1. The molecule has 1 aromatic heterocycles. The van der Waals surface area contributed by atoms with Gasteiger partial charge in [-0.1, -0.05) is 34.5 Å². The van der Waals surface area contributed by atoms with Crippen molar-refractivity contribution in [3.05, 3.63) is 52.0 Å². The number of nitrogens with zero attached hydrogens (tertiary/aromatic N) is 3. The van der Waals surface area contributed by atoms with Crippen molar-refractivity contribution in [3.8, 4) is 5.75 Å². The smallest absolute Gasteiger partial charge is 0.186 e. The Labute approximate surface area is 190 Å². The first-order valence-electron chi connectivity index (χ1n) is 9.93. The number of aldehydes is 1. The van der Waals surface area contributed by atoms with E-state index in [1.165, 1.54) is 0 Å². The number of carbonyl (C=O) groups excluding carboxylic acids is 1. The lowest BCUT2D eigenvalue weighted by atomic mass is 10.1. The van der Waals surface area contributed by atoms with Crippen LogP contribution in [0.4, 0.5) is 5.13 Å². The first-order valence-corrected chi connectivity index (χ1v) is 11.5. The summed E-state index contributed by atoms with van der Waals surface area (Å²) in [6.07, 6.45) is 1.21. The average Bonchev–Trinajstić information content (AvgIpc) is 3.12. The molecule has 2 heterocycles. The number of hydrogen-bond acceptors (Lipinski definition) is 6. The quantitative estimate of drug-likeness (QED) is 0.464. The van der Waals surface area contributed by atoms with Crippen LogP contribution in [0.3, 0.4) is 0 Å². The Hall–Kier alpha value is -1.86. The Morgan fingerprint density at radius 2 is 2.07 bits per heavy atom. The van der Waals surface area contributed by atoms with E-state index in [0.717, 1.165) is 58.4 Å². The van der Waals surface area contributed by atoms with E-state index in [1.807, 2.05) is 24.3 Å². The van der Waals surface area contributed by atoms with Crippen molar-refractivity contribution >= 4 is 56.2 Å². The van der Waals surface area contributed by atoms with Crippen molar-refractivity contribution < 1.29 is 9.53 Å². The maximum Gasteiger partial charge on any atom is 0.186 e. The number of carbonyl (C=O) groups is 1. The van der Waals surface area contributed by atoms with Crippen LogP contribution in [0.25, 0.3) is 10.2 Å². The molecule has 3 aromatic rings. The van der Waals surface area contributed by atoms with E-state index in [9.17, 15) is 4.79 Å². The van der Waals surface area contributed by atoms with Gasteiger partial charge >= 0.3 is 0 Å². The fourth-order valence-corrected chi connectivity index (χ4v) is 5.25. The highest BCUT2D eigenvalue weighted by Crippen LogP contribution is 2.31. The number of fused-ring (bicyclic) bond motifs is 1. The van der Waals surface area contributed by atoms with Crippen LogP contribution >= 0.6 is 34.5 Å². The Morgan fingerprint density at radius 1 is 1.20 bits per heavy atom. The van der Waals surface area contributed by atoms with E-state index in [2.05, 4.69) is 16.7 Å². The van der Waals surface area contributed by atoms with Gasteiger partial charge in [-0.15, -0.1) is 0 Å². The Morgan fingerprint density at radius 3 is 2.87 bits per heavy atom.